The van der Waals surface area contributed by atoms with Gasteiger partial charge in [0.25, 0.3) is 0 Å². The van der Waals surface area contributed by atoms with Crippen LogP contribution in [0.2, 0.25) is 0 Å². The van der Waals surface area contributed by atoms with Crippen molar-refractivity contribution in [2.75, 3.05) is 11.9 Å². The molecule has 0 radical (unpaired) electrons. The zero-order valence-corrected chi connectivity index (χ0v) is 22.2. The van der Waals surface area contributed by atoms with Gasteiger partial charge >= 0.3 is 0 Å². The Morgan fingerprint density at radius 2 is 1.95 bits per heavy atom. The number of carbonyl (C=O) groups excluding carboxylic acids is 2. The van der Waals surface area contributed by atoms with E-state index >= 15 is 0 Å². The molecule has 2 bridgehead atoms. The van der Waals surface area contributed by atoms with Crippen molar-refractivity contribution in [3.63, 3.8) is 0 Å². The van der Waals surface area contributed by atoms with Crippen molar-refractivity contribution in [2.24, 2.45) is 11.7 Å². The Balaban J connectivity index is 1.05. The van der Waals surface area contributed by atoms with Crippen LogP contribution in [-0.4, -0.2) is 52.4 Å². The Kier molecular flexibility index (Phi) is 5.86. The van der Waals surface area contributed by atoms with Gasteiger partial charge in [-0.1, -0.05) is 18.2 Å². The molecule has 0 aromatic heterocycles. The first kappa shape index (κ1) is 25.1. The van der Waals surface area contributed by atoms with Gasteiger partial charge in [-0.05, 0) is 98.7 Å². The van der Waals surface area contributed by atoms with Gasteiger partial charge in [0.15, 0.2) is 6.23 Å². The van der Waals surface area contributed by atoms with E-state index < -0.39 is 17.6 Å². The quantitative estimate of drug-likeness (QED) is 0.538. The fraction of sp³-hybridized carbons (Fsp3) is 0.533. The molecule has 5 fully saturated rings. The Morgan fingerprint density at radius 3 is 2.64 bits per heavy atom. The summed E-state index contributed by atoms with van der Waals surface area (Å²) in [5.41, 5.74) is 8.66. The fourth-order valence-electron chi connectivity index (χ4n) is 6.68. The van der Waals surface area contributed by atoms with Gasteiger partial charge in [0.05, 0.1) is 12.1 Å². The highest BCUT2D eigenvalue weighted by atomic mass is 19.1. The van der Waals surface area contributed by atoms with Crippen molar-refractivity contribution in [2.45, 2.75) is 88.2 Å². The van der Waals surface area contributed by atoms with Crippen LogP contribution in [0.15, 0.2) is 42.5 Å². The normalized spacial score (nSPS) is 28.9. The number of anilines is 1. The van der Waals surface area contributed by atoms with Gasteiger partial charge < -0.3 is 25.4 Å². The highest BCUT2D eigenvalue weighted by Crippen LogP contribution is 2.56. The molecule has 3 unspecified atom stereocenters. The molecule has 1 spiro atoms. The number of nitrogens with two attached hydrogens (primary N) is 1. The summed E-state index contributed by atoms with van der Waals surface area (Å²) in [6, 6.07) is 12.4. The topological polar surface area (TPSA) is 97.1 Å². The van der Waals surface area contributed by atoms with Crippen LogP contribution in [-0.2, 0) is 37.6 Å². The van der Waals surface area contributed by atoms with E-state index in [9.17, 15) is 14.0 Å². The number of hydrogen-bond donors (Lipinski definition) is 2. The minimum absolute atomic E-state index is 0.0284. The molecule has 9 heteroatoms. The Bertz CT molecular complexity index is 1310. The number of fused-ring (bicyclic) bond motifs is 1. The number of ether oxygens (including phenoxy) is 2. The molecule has 2 aromatic carbocycles. The van der Waals surface area contributed by atoms with Crippen molar-refractivity contribution in [1.29, 1.82) is 0 Å². The Labute approximate surface area is 227 Å². The van der Waals surface area contributed by atoms with Crippen LogP contribution >= 0.6 is 0 Å². The van der Waals surface area contributed by atoms with Crippen molar-refractivity contribution < 1.29 is 23.5 Å². The van der Waals surface area contributed by atoms with Crippen molar-refractivity contribution in [3.8, 4) is 0 Å². The molecular formula is C30H35FN4O4. The number of carbonyl (C=O) groups is 2. The van der Waals surface area contributed by atoms with Gasteiger partial charge in [-0.3, -0.25) is 9.59 Å². The second-order valence-electron chi connectivity index (χ2n) is 12.0. The Morgan fingerprint density at radius 1 is 1.18 bits per heavy atom. The van der Waals surface area contributed by atoms with Gasteiger partial charge in [-0.15, -0.1) is 0 Å². The molecule has 3 N–H and O–H groups in total. The maximum atomic E-state index is 13.7. The molecule has 3 heterocycles. The molecular weight excluding hydrogens is 499 g/mol. The third-order valence-electron chi connectivity index (χ3n) is 9.51. The van der Waals surface area contributed by atoms with Gasteiger partial charge in [-0.25, -0.2) is 9.29 Å². The number of amides is 2. The highest BCUT2D eigenvalue weighted by Gasteiger charge is 2.66. The largest absolute Gasteiger partial charge is 0.334 e. The molecule has 8 nitrogen and oxygen atoms in total. The molecule has 39 heavy (non-hydrogen) atoms. The van der Waals surface area contributed by atoms with Gasteiger partial charge in [0, 0.05) is 18.3 Å². The Hall–Kier alpha value is -2.85. The molecule has 3 saturated heterocycles. The monoisotopic (exact) mass is 534 g/mol. The summed E-state index contributed by atoms with van der Waals surface area (Å²) in [7, 11) is 0. The molecule has 3 aliphatic heterocycles. The zero-order chi connectivity index (χ0) is 26.9. The summed E-state index contributed by atoms with van der Waals surface area (Å²) in [5.74, 6) is 0.132. The van der Waals surface area contributed by atoms with Crippen LogP contribution < -0.4 is 11.1 Å². The summed E-state index contributed by atoms with van der Waals surface area (Å²) in [6.45, 7) is 2.77. The zero-order valence-electron chi connectivity index (χ0n) is 22.2. The number of aryl methyl sites for hydroxylation is 1. The van der Waals surface area contributed by atoms with Crippen molar-refractivity contribution >= 4 is 17.5 Å². The third-order valence-corrected chi connectivity index (χ3v) is 9.51. The van der Waals surface area contributed by atoms with E-state index in [-0.39, 0.29) is 36.4 Å². The molecule has 2 amide bonds. The number of halogens is 1. The lowest BCUT2D eigenvalue weighted by Crippen LogP contribution is -2.59. The molecule has 8 rings (SSSR count). The van der Waals surface area contributed by atoms with E-state index in [4.69, 9.17) is 15.2 Å². The van der Waals surface area contributed by atoms with E-state index in [1.165, 1.54) is 12.1 Å². The van der Waals surface area contributed by atoms with Gasteiger partial charge in [0.2, 0.25) is 18.2 Å². The van der Waals surface area contributed by atoms with Crippen LogP contribution in [0.1, 0.15) is 62.1 Å². The van der Waals surface area contributed by atoms with E-state index in [1.807, 2.05) is 28.0 Å². The first-order valence-corrected chi connectivity index (χ1v) is 14.1. The molecule has 6 aliphatic rings. The fourth-order valence-corrected chi connectivity index (χ4v) is 6.68. The standard InChI is InChI=1S/C30H35FN4O4/c1-18(20-5-6-20)34(16-19-3-7-22(31)8-4-19)25(36)17-35-27-30(39-28(35)38-27)14-11-21-15-23(9-10-24(21)30)33-26(37)29(32)12-2-13-29/h3-4,7-10,15,18,20,27-28H,2,5-6,11-14,16-17,32H2,1H3,(H,33,37)/t18-,27?,28?,30?/m0/s1. The van der Waals surface area contributed by atoms with Gasteiger partial charge in [-0.2, -0.15) is 0 Å². The average molecular weight is 535 g/mol. The first-order chi connectivity index (χ1) is 18.8. The lowest BCUT2D eigenvalue weighted by molar-refractivity contribution is -0.285. The number of nitrogens with zero attached hydrogens (tertiary/aromatic N) is 2. The predicted octanol–water partition coefficient (Wildman–Crippen LogP) is 3.59. The lowest BCUT2D eigenvalue weighted by Gasteiger charge is -2.41. The number of rotatable bonds is 8. The summed E-state index contributed by atoms with van der Waals surface area (Å²) < 4.78 is 25.9. The first-order valence-electron chi connectivity index (χ1n) is 14.1. The second kappa shape index (κ2) is 9.09. The summed E-state index contributed by atoms with van der Waals surface area (Å²) >= 11 is 0. The van der Waals surface area contributed by atoms with Crippen LogP contribution in [0.5, 0.6) is 0 Å². The van der Waals surface area contributed by atoms with E-state index in [1.54, 1.807) is 12.1 Å². The molecule has 4 atom stereocenters. The number of hydrogen-bond acceptors (Lipinski definition) is 6. The van der Waals surface area contributed by atoms with Crippen molar-refractivity contribution in [3.05, 3.63) is 65.0 Å². The van der Waals surface area contributed by atoms with Crippen LogP contribution in [0, 0.1) is 11.7 Å². The minimum atomic E-state index is -0.751. The highest BCUT2D eigenvalue weighted by molar-refractivity contribution is 5.98. The van der Waals surface area contributed by atoms with E-state index in [2.05, 4.69) is 12.2 Å². The molecule has 2 saturated carbocycles. The summed E-state index contributed by atoms with van der Waals surface area (Å²) in [4.78, 5) is 30.2. The maximum Gasteiger partial charge on any atom is 0.244 e. The second-order valence-corrected chi connectivity index (χ2v) is 12.0. The van der Waals surface area contributed by atoms with Crippen LogP contribution in [0.25, 0.3) is 0 Å². The maximum absolute atomic E-state index is 13.7. The lowest BCUT2D eigenvalue weighted by atomic mass is 9.77. The molecule has 3 aliphatic carbocycles. The number of nitrogens with one attached hydrogen (secondary N) is 1. The van der Waals surface area contributed by atoms with E-state index in [0.29, 0.717) is 12.5 Å². The van der Waals surface area contributed by atoms with Crippen LogP contribution in [0.3, 0.4) is 0 Å². The molecule has 206 valence electrons. The van der Waals surface area contributed by atoms with Crippen LogP contribution in [0.4, 0.5) is 10.1 Å². The van der Waals surface area contributed by atoms with Crippen molar-refractivity contribution in [1.82, 2.24) is 9.80 Å². The molecule has 2 aromatic rings. The average Bonchev–Trinajstić information content (AvgIpc) is 3.52. The summed E-state index contributed by atoms with van der Waals surface area (Å²) in [6.07, 6.45) is 5.35. The minimum Gasteiger partial charge on any atom is -0.334 e. The van der Waals surface area contributed by atoms with Gasteiger partial charge in [0.1, 0.15) is 11.4 Å². The predicted molar refractivity (Wildman–Crippen MR) is 141 cm³/mol. The SMILES string of the molecule is C[C@@H](C1CC1)N(Cc1ccc(F)cc1)C(=O)CN1C2OC1C1(CCc3cc(NC(=O)C4(N)CCC4)ccc31)O2. The number of benzene rings is 2. The third kappa shape index (κ3) is 4.18. The smallest absolute Gasteiger partial charge is 0.244 e. The summed E-state index contributed by atoms with van der Waals surface area (Å²) in [5, 5.41) is 2.99. The van der Waals surface area contributed by atoms with E-state index in [0.717, 1.165) is 67.3 Å².